The van der Waals surface area contributed by atoms with Gasteiger partial charge in [0.05, 0.1) is 21.3 Å². The van der Waals surface area contributed by atoms with Crippen LogP contribution >= 0.6 is 34.8 Å². The van der Waals surface area contributed by atoms with Gasteiger partial charge in [0.2, 0.25) is 0 Å². The number of nitrogens with two attached hydrogens (primary N) is 1. The Morgan fingerprint density at radius 1 is 1.08 bits per heavy atom. The molecule has 0 aliphatic carbocycles. The topological polar surface area (TPSA) is 58.4 Å². The summed E-state index contributed by atoms with van der Waals surface area (Å²) in [6.07, 6.45) is 0. The Morgan fingerprint density at radius 2 is 1.67 bits per heavy atom. The molecule has 0 aromatic heterocycles. The highest BCUT2D eigenvalue weighted by molar-refractivity contribution is 6.42. The lowest BCUT2D eigenvalue weighted by Crippen LogP contribution is -2.25. The van der Waals surface area contributed by atoms with Gasteiger partial charge in [-0.3, -0.25) is 4.79 Å². The predicted octanol–water partition coefficient (Wildman–Crippen LogP) is 5.33. The number of halogens is 3. The largest absolute Gasteiger partial charge is 0.399 e. The monoisotopic (exact) mass is 385 g/mol. The van der Waals surface area contributed by atoms with Crippen molar-refractivity contribution in [2.75, 3.05) is 29.0 Å². The van der Waals surface area contributed by atoms with Crippen LogP contribution in [0.1, 0.15) is 24.2 Å². The van der Waals surface area contributed by atoms with Crippen molar-refractivity contribution in [2.24, 2.45) is 0 Å². The maximum absolute atomic E-state index is 12.8. The molecule has 0 unspecified atom stereocenters. The maximum atomic E-state index is 12.8. The van der Waals surface area contributed by atoms with E-state index < -0.39 is 0 Å². The Hall–Kier alpha value is -1.62. The lowest BCUT2D eigenvalue weighted by Gasteiger charge is -2.24. The van der Waals surface area contributed by atoms with Gasteiger partial charge < -0.3 is 16.0 Å². The van der Waals surface area contributed by atoms with Crippen LogP contribution in [0.25, 0.3) is 0 Å². The average Bonchev–Trinajstić information content (AvgIpc) is 2.53. The fourth-order valence-corrected chi connectivity index (χ4v) is 3.33. The molecule has 1 amide bonds. The number of amides is 1. The van der Waals surface area contributed by atoms with Crippen LogP contribution in [0, 0.1) is 0 Å². The lowest BCUT2D eigenvalue weighted by molar-refractivity contribution is 0.102. The summed E-state index contributed by atoms with van der Waals surface area (Å²) in [5.41, 5.74) is 7.94. The molecule has 3 N–H and O–H groups in total. The van der Waals surface area contributed by atoms with Gasteiger partial charge in [0.15, 0.2) is 0 Å². The maximum Gasteiger partial charge on any atom is 0.257 e. The van der Waals surface area contributed by atoms with E-state index in [0.29, 0.717) is 22.0 Å². The third kappa shape index (κ3) is 4.07. The molecule has 0 saturated heterocycles. The van der Waals surface area contributed by atoms with E-state index >= 15 is 0 Å². The van der Waals surface area contributed by atoms with E-state index in [1.165, 1.54) is 12.1 Å². The highest BCUT2D eigenvalue weighted by Crippen LogP contribution is 2.34. The van der Waals surface area contributed by atoms with Crippen LogP contribution < -0.4 is 16.0 Å². The Balaban J connectivity index is 2.42. The molecule has 0 aliphatic rings. The van der Waals surface area contributed by atoms with Gasteiger partial charge in [-0.05, 0) is 44.2 Å². The molecule has 0 atom stereocenters. The van der Waals surface area contributed by atoms with Gasteiger partial charge >= 0.3 is 0 Å². The zero-order chi connectivity index (χ0) is 17.9. The first-order valence-electron chi connectivity index (χ1n) is 7.47. The average molecular weight is 387 g/mol. The molecule has 0 aliphatic heterocycles. The highest BCUT2D eigenvalue weighted by atomic mass is 35.5. The molecule has 2 aromatic carbocycles. The third-order valence-corrected chi connectivity index (χ3v) is 4.43. The van der Waals surface area contributed by atoms with Gasteiger partial charge in [-0.1, -0.05) is 34.8 Å². The standard InChI is InChI=1S/C17H18Cl3N3O/c1-3-23(4-2)15-6-5-11(21)9-12(15)17(24)22-16-13(19)7-10(18)8-14(16)20/h5-9H,3-4,21H2,1-2H3,(H,22,24). The molecule has 4 nitrogen and oxygen atoms in total. The van der Waals surface area contributed by atoms with Gasteiger partial charge in [-0.2, -0.15) is 0 Å². The Bertz CT molecular complexity index is 738. The second-order valence-corrected chi connectivity index (χ2v) is 6.40. The highest BCUT2D eigenvalue weighted by Gasteiger charge is 2.18. The summed E-state index contributed by atoms with van der Waals surface area (Å²) in [5, 5.41) is 3.69. The molecule has 0 fully saturated rings. The van der Waals surface area contributed by atoms with Crippen molar-refractivity contribution in [2.45, 2.75) is 13.8 Å². The summed E-state index contributed by atoms with van der Waals surface area (Å²) in [7, 11) is 0. The first kappa shape index (κ1) is 18.7. The molecule has 2 aromatic rings. The van der Waals surface area contributed by atoms with Gasteiger partial charge in [-0.15, -0.1) is 0 Å². The number of anilines is 3. The normalized spacial score (nSPS) is 10.5. The summed E-state index contributed by atoms with van der Waals surface area (Å²) in [5.74, 6) is -0.338. The van der Waals surface area contributed by atoms with Gasteiger partial charge in [0.25, 0.3) is 5.91 Å². The van der Waals surface area contributed by atoms with Gasteiger partial charge in [0.1, 0.15) is 0 Å². The number of benzene rings is 2. The number of nitrogen functional groups attached to an aromatic ring is 1. The SMILES string of the molecule is CCN(CC)c1ccc(N)cc1C(=O)Nc1c(Cl)cc(Cl)cc1Cl. The second-order valence-electron chi connectivity index (χ2n) is 5.15. The van der Waals surface area contributed by atoms with Crippen LogP contribution in [0.15, 0.2) is 30.3 Å². The summed E-state index contributed by atoms with van der Waals surface area (Å²) in [4.78, 5) is 14.8. The van der Waals surface area contributed by atoms with E-state index in [1.807, 2.05) is 19.9 Å². The van der Waals surface area contributed by atoms with Gasteiger partial charge in [0, 0.05) is 29.5 Å². The Labute approximate surface area is 156 Å². The lowest BCUT2D eigenvalue weighted by atomic mass is 10.1. The number of rotatable bonds is 5. The van der Waals surface area contributed by atoms with Crippen LogP contribution in [0.3, 0.4) is 0 Å². The van der Waals surface area contributed by atoms with Crippen LogP contribution in [0.5, 0.6) is 0 Å². The van der Waals surface area contributed by atoms with E-state index in [1.54, 1.807) is 12.1 Å². The van der Waals surface area contributed by atoms with Crippen molar-refractivity contribution in [1.29, 1.82) is 0 Å². The smallest absolute Gasteiger partial charge is 0.257 e. The molecule has 0 saturated carbocycles. The predicted molar refractivity (Wildman–Crippen MR) is 104 cm³/mol. The minimum atomic E-state index is -0.338. The van der Waals surface area contributed by atoms with E-state index in [4.69, 9.17) is 40.5 Å². The zero-order valence-electron chi connectivity index (χ0n) is 13.4. The first-order valence-corrected chi connectivity index (χ1v) is 8.61. The van der Waals surface area contributed by atoms with Crippen molar-refractivity contribution >= 4 is 57.8 Å². The Morgan fingerprint density at radius 3 is 2.21 bits per heavy atom. The van der Waals surface area contributed by atoms with Crippen LogP contribution in [-0.2, 0) is 0 Å². The molecule has 7 heteroatoms. The minimum absolute atomic E-state index is 0.272. The summed E-state index contributed by atoms with van der Waals surface area (Å²) < 4.78 is 0. The molecule has 0 radical (unpaired) electrons. The molecule has 24 heavy (non-hydrogen) atoms. The van der Waals surface area contributed by atoms with Crippen molar-refractivity contribution < 1.29 is 4.79 Å². The fraction of sp³-hybridized carbons (Fsp3) is 0.235. The summed E-state index contributed by atoms with van der Waals surface area (Å²) in [6.45, 7) is 5.58. The van der Waals surface area contributed by atoms with Crippen molar-refractivity contribution in [3.63, 3.8) is 0 Å². The van der Waals surface area contributed by atoms with Crippen LogP contribution in [-0.4, -0.2) is 19.0 Å². The van der Waals surface area contributed by atoms with E-state index in [-0.39, 0.29) is 16.0 Å². The van der Waals surface area contributed by atoms with Crippen molar-refractivity contribution in [3.05, 3.63) is 51.0 Å². The third-order valence-electron chi connectivity index (χ3n) is 3.61. The summed E-state index contributed by atoms with van der Waals surface area (Å²) in [6, 6.07) is 8.29. The number of hydrogen-bond acceptors (Lipinski definition) is 3. The second kappa shape index (κ2) is 7.97. The van der Waals surface area contributed by atoms with E-state index in [2.05, 4.69) is 10.2 Å². The van der Waals surface area contributed by atoms with Crippen molar-refractivity contribution in [3.8, 4) is 0 Å². The number of hydrogen-bond donors (Lipinski definition) is 2. The molecular weight excluding hydrogens is 369 g/mol. The fourth-order valence-electron chi connectivity index (χ4n) is 2.42. The number of nitrogens with one attached hydrogen (secondary N) is 1. The zero-order valence-corrected chi connectivity index (χ0v) is 15.6. The molecule has 0 heterocycles. The van der Waals surface area contributed by atoms with Crippen molar-refractivity contribution in [1.82, 2.24) is 0 Å². The molecular formula is C17H18Cl3N3O. The molecule has 0 bridgehead atoms. The van der Waals surface area contributed by atoms with Gasteiger partial charge in [-0.25, -0.2) is 0 Å². The number of nitrogens with zero attached hydrogens (tertiary/aromatic N) is 1. The summed E-state index contributed by atoms with van der Waals surface area (Å²) >= 11 is 18.2. The molecule has 2 rings (SSSR count). The number of carbonyl (C=O) groups excluding carboxylic acids is 1. The first-order chi connectivity index (χ1) is 11.4. The minimum Gasteiger partial charge on any atom is -0.399 e. The quantitative estimate of drug-likeness (QED) is 0.683. The Kier molecular flexibility index (Phi) is 6.21. The van der Waals surface area contributed by atoms with Crippen LogP contribution in [0.4, 0.5) is 17.1 Å². The molecule has 0 spiro atoms. The van der Waals surface area contributed by atoms with E-state index in [0.717, 1.165) is 18.8 Å². The number of carbonyl (C=O) groups is 1. The van der Waals surface area contributed by atoms with Crippen LogP contribution in [0.2, 0.25) is 15.1 Å². The molecule has 128 valence electrons. The van der Waals surface area contributed by atoms with E-state index in [9.17, 15) is 4.79 Å².